The molecule has 0 amide bonds. The van der Waals surface area contributed by atoms with Gasteiger partial charge in [0.2, 0.25) is 0 Å². The van der Waals surface area contributed by atoms with Crippen molar-refractivity contribution in [2.75, 3.05) is 6.26 Å². The van der Waals surface area contributed by atoms with Crippen LogP contribution in [0.1, 0.15) is 27.0 Å². The molecule has 0 bridgehead atoms. The van der Waals surface area contributed by atoms with Crippen LogP contribution in [0.5, 0.6) is 0 Å². The highest BCUT2D eigenvalue weighted by Crippen LogP contribution is 2.18. The Morgan fingerprint density at radius 2 is 1.96 bits per heavy atom. The number of aryl methyl sites for hydroxylation is 1. The summed E-state index contributed by atoms with van der Waals surface area (Å²) in [5.74, 6) is -1.40. The van der Waals surface area contributed by atoms with Gasteiger partial charge in [-0.05, 0) is 36.8 Å². The number of nitrogens with zero attached hydrogens (tertiary/aromatic N) is 1. The molecule has 0 saturated heterocycles. The molecule has 5 nitrogen and oxygen atoms in total. The number of halogens is 1. The highest BCUT2D eigenvalue weighted by molar-refractivity contribution is 7.90. The molecule has 0 aliphatic rings. The van der Waals surface area contributed by atoms with Gasteiger partial charge in [0.15, 0.2) is 9.84 Å². The molecular weight excluding hydrogens is 333 g/mol. The third-order valence-electron chi connectivity index (χ3n) is 3.40. The number of esters is 1. The summed E-state index contributed by atoms with van der Waals surface area (Å²) in [5.41, 5.74) is 0.943. The molecule has 124 valence electrons. The van der Waals surface area contributed by atoms with Crippen molar-refractivity contribution in [2.45, 2.75) is 18.4 Å². The molecule has 0 aliphatic heterocycles. The SMILES string of the molecule is Cc1ccc(S(C)(=O)=O)cc1C(=O)OCc1ccc(C#N)cc1F. The third kappa shape index (κ3) is 3.97. The maximum atomic E-state index is 13.8. The summed E-state index contributed by atoms with van der Waals surface area (Å²) < 4.78 is 42.0. The zero-order valence-corrected chi connectivity index (χ0v) is 13.9. The minimum absolute atomic E-state index is 0.00426. The van der Waals surface area contributed by atoms with E-state index in [1.54, 1.807) is 6.92 Å². The second-order valence-corrected chi connectivity index (χ2v) is 7.26. The number of rotatable bonds is 4. The van der Waals surface area contributed by atoms with E-state index in [0.29, 0.717) is 5.56 Å². The normalized spacial score (nSPS) is 10.9. The van der Waals surface area contributed by atoms with Crippen LogP contribution in [0, 0.1) is 24.1 Å². The van der Waals surface area contributed by atoms with Gasteiger partial charge >= 0.3 is 5.97 Å². The molecule has 0 heterocycles. The van der Waals surface area contributed by atoms with Crippen molar-refractivity contribution in [3.63, 3.8) is 0 Å². The number of sulfone groups is 1. The van der Waals surface area contributed by atoms with E-state index in [-0.39, 0.29) is 28.2 Å². The van der Waals surface area contributed by atoms with Gasteiger partial charge in [0.25, 0.3) is 0 Å². The zero-order chi connectivity index (χ0) is 17.9. The molecule has 7 heteroatoms. The molecule has 0 fully saturated rings. The minimum atomic E-state index is -3.46. The summed E-state index contributed by atoms with van der Waals surface area (Å²) >= 11 is 0. The Bertz CT molecular complexity index is 946. The smallest absolute Gasteiger partial charge is 0.338 e. The molecule has 0 radical (unpaired) electrons. The summed E-state index contributed by atoms with van der Waals surface area (Å²) in [4.78, 5) is 12.2. The van der Waals surface area contributed by atoms with Crippen LogP contribution >= 0.6 is 0 Å². The van der Waals surface area contributed by atoms with Gasteiger partial charge in [0, 0.05) is 11.8 Å². The maximum absolute atomic E-state index is 13.8. The Morgan fingerprint density at radius 3 is 2.54 bits per heavy atom. The fourth-order valence-corrected chi connectivity index (χ4v) is 2.65. The first kappa shape index (κ1) is 17.6. The Balaban J connectivity index is 2.20. The number of hydrogen-bond donors (Lipinski definition) is 0. The number of hydrogen-bond acceptors (Lipinski definition) is 5. The van der Waals surface area contributed by atoms with Gasteiger partial charge < -0.3 is 4.74 Å². The quantitative estimate of drug-likeness (QED) is 0.794. The molecule has 2 aromatic rings. The van der Waals surface area contributed by atoms with Crippen LogP contribution in [0.3, 0.4) is 0 Å². The molecule has 0 spiro atoms. The van der Waals surface area contributed by atoms with E-state index in [1.165, 1.54) is 30.3 Å². The van der Waals surface area contributed by atoms with Crippen LogP contribution in [0.2, 0.25) is 0 Å². The van der Waals surface area contributed by atoms with Gasteiger partial charge in [0.05, 0.1) is 22.1 Å². The van der Waals surface area contributed by atoms with Crippen molar-refractivity contribution < 1.29 is 22.3 Å². The van der Waals surface area contributed by atoms with E-state index >= 15 is 0 Å². The highest BCUT2D eigenvalue weighted by Gasteiger charge is 2.16. The summed E-state index contributed by atoms with van der Waals surface area (Å²) in [6, 6.07) is 9.80. The summed E-state index contributed by atoms with van der Waals surface area (Å²) in [6.07, 6.45) is 1.04. The van der Waals surface area contributed by atoms with Gasteiger partial charge in [-0.1, -0.05) is 12.1 Å². The maximum Gasteiger partial charge on any atom is 0.338 e. The third-order valence-corrected chi connectivity index (χ3v) is 4.51. The van der Waals surface area contributed by atoms with E-state index in [9.17, 15) is 17.6 Å². The molecule has 24 heavy (non-hydrogen) atoms. The monoisotopic (exact) mass is 347 g/mol. The predicted octanol–water partition coefficient (Wildman–Crippen LogP) is 2.77. The Morgan fingerprint density at radius 1 is 1.25 bits per heavy atom. The first-order valence-electron chi connectivity index (χ1n) is 6.88. The summed E-state index contributed by atoms with van der Waals surface area (Å²) in [6.45, 7) is 1.32. The van der Waals surface area contributed by atoms with Gasteiger partial charge in [-0.15, -0.1) is 0 Å². The van der Waals surface area contributed by atoms with Crippen molar-refractivity contribution >= 4 is 15.8 Å². The van der Waals surface area contributed by atoms with Crippen molar-refractivity contribution in [2.24, 2.45) is 0 Å². The molecule has 2 aromatic carbocycles. The van der Waals surface area contributed by atoms with Crippen LogP contribution in [0.4, 0.5) is 4.39 Å². The number of carbonyl (C=O) groups is 1. The predicted molar refractivity (Wildman–Crippen MR) is 84.5 cm³/mol. The van der Waals surface area contributed by atoms with E-state index in [0.717, 1.165) is 12.3 Å². The van der Waals surface area contributed by atoms with Crippen molar-refractivity contribution in [1.82, 2.24) is 0 Å². The zero-order valence-electron chi connectivity index (χ0n) is 13.0. The Kier molecular flexibility index (Phi) is 5.00. The number of ether oxygens (including phenoxy) is 1. The molecule has 2 rings (SSSR count). The van der Waals surface area contributed by atoms with Crippen LogP contribution in [0.25, 0.3) is 0 Å². The van der Waals surface area contributed by atoms with Crippen LogP contribution in [-0.4, -0.2) is 20.6 Å². The van der Waals surface area contributed by atoms with Crippen LogP contribution < -0.4 is 0 Å². The number of benzene rings is 2. The van der Waals surface area contributed by atoms with E-state index < -0.39 is 21.6 Å². The van der Waals surface area contributed by atoms with Gasteiger partial charge in [-0.3, -0.25) is 0 Å². The van der Waals surface area contributed by atoms with Gasteiger partial charge in [-0.25, -0.2) is 17.6 Å². The molecule has 0 unspecified atom stereocenters. The molecular formula is C17H14FNO4S. The van der Waals surface area contributed by atoms with E-state index in [2.05, 4.69) is 0 Å². The molecule has 0 aromatic heterocycles. The lowest BCUT2D eigenvalue weighted by Gasteiger charge is -2.09. The first-order chi connectivity index (χ1) is 11.2. The largest absolute Gasteiger partial charge is 0.457 e. The Labute approximate surface area is 139 Å². The fourth-order valence-electron chi connectivity index (χ4n) is 2.01. The first-order valence-corrected chi connectivity index (χ1v) is 8.78. The van der Waals surface area contributed by atoms with Crippen molar-refractivity contribution in [3.8, 4) is 6.07 Å². The van der Waals surface area contributed by atoms with Crippen molar-refractivity contribution in [1.29, 1.82) is 5.26 Å². The highest BCUT2D eigenvalue weighted by atomic mass is 32.2. The molecule has 0 N–H and O–H groups in total. The number of nitriles is 1. The summed E-state index contributed by atoms with van der Waals surface area (Å²) in [5, 5.41) is 8.69. The van der Waals surface area contributed by atoms with Gasteiger partial charge in [0.1, 0.15) is 12.4 Å². The molecule has 0 saturated carbocycles. The molecule has 0 aliphatic carbocycles. The number of carbonyl (C=O) groups excluding carboxylic acids is 1. The minimum Gasteiger partial charge on any atom is -0.457 e. The second-order valence-electron chi connectivity index (χ2n) is 5.24. The van der Waals surface area contributed by atoms with Crippen LogP contribution in [0.15, 0.2) is 41.3 Å². The van der Waals surface area contributed by atoms with E-state index in [1.807, 2.05) is 6.07 Å². The average molecular weight is 347 g/mol. The lowest BCUT2D eigenvalue weighted by Crippen LogP contribution is -2.09. The fraction of sp³-hybridized carbons (Fsp3) is 0.176. The summed E-state index contributed by atoms with van der Waals surface area (Å²) in [7, 11) is -3.46. The lowest BCUT2D eigenvalue weighted by molar-refractivity contribution is 0.0468. The topological polar surface area (TPSA) is 84.2 Å². The second kappa shape index (κ2) is 6.81. The lowest BCUT2D eigenvalue weighted by atomic mass is 10.1. The standard InChI is InChI=1S/C17H14FNO4S/c1-11-3-6-14(24(2,21)22)8-15(11)17(20)23-10-13-5-4-12(9-19)7-16(13)18/h3-8H,10H2,1-2H3. The van der Waals surface area contributed by atoms with Crippen LogP contribution in [-0.2, 0) is 21.2 Å². The molecule has 0 atom stereocenters. The van der Waals surface area contributed by atoms with E-state index in [4.69, 9.17) is 10.00 Å². The van der Waals surface area contributed by atoms with Gasteiger partial charge in [-0.2, -0.15) is 5.26 Å². The van der Waals surface area contributed by atoms with Crippen molar-refractivity contribution in [3.05, 3.63) is 64.5 Å². The Hall–Kier alpha value is -2.72. The average Bonchev–Trinajstić information content (AvgIpc) is 2.52.